The number of benzene rings is 1. The summed E-state index contributed by atoms with van der Waals surface area (Å²) < 4.78 is 29.9. The van der Waals surface area contributed by atoms with Crippen LogP contribution in [0, 0.1) is 13.8 Å². The normalized spacial score (nSPS) is 11.8. The van der Waals surface area contributed by atoms with Crippen molar-refractivity contribution in [2.24, 2.45) is 0 Å². The van der Waals surface area contributed by atoms with E-state index in [1.807, 2.05) is 25.1 Å². The van der Waals surface area contributed by atoms with E-state index in [9.17, 15) is 13.6 Å². The Balaban J connectivity index is 1.54. The lowest BCUT2D eigenvalue weighted by Crippen LogP contribution is -2.15. The number of aryl methyl sites for hydroxylation is 2. The van der Waals surface area contributed by atoms with E-state index < -0.39 is 17.0 Å². The van der Waals surface area contributed by atoms with Crippen LogP contribution in [0.4, 0.5) is 14.6 Å². The fraction of sp³-hybridized carbons (Fsp3) is 0.200. The minimum Gasteiger partial charge on any atom is -0.304 e. The van der Waals surface area contributed by atoms with E-state index in [0.29, 0.717) is 18.1 Å². The molecule has 0 atom stereocenters. The van der Waals surface area contributed by atoms with Gasteiger partial charge < -0.3 is 5.32 Å². The summed E-state index contributed by atoms with van der Waals surface area (Å²) in [6, 6.07) is 12.1. The maximum absolute atomic E-state index is 13.7. The van der Waals surface area contributed by atoms with Crippen LogP contribution in [0.1, 0.15) is 33.0 Å². The Hall–Kier alpha value is -3.33. The number of hydrogen-bond donors (Lipinski definition) is 1. The van der Waals surface area contributed by atoms with Crippen molar-refractivity contribution >= 4 is 29.0 Å². The molecule has 7 nitrogen and oxygen atoms in total. The lowest BCUT2D eigenvalue weighted by Gasteiger charge is -2.10. The molecular formula is C20H17ClF2N6O. The first-order chi connectivity index (χ1) is 14.2. The van der Waals surface area contributed by atoms with Gasteiger partial charge in [-0.2, -0.15) is 19.0 Å². The molecule has 0 aliphatic rings. The summed E-state index contributed by atoms with van der Waals surface area (Å²) in [5, 5.41) is 7.22. The third-order valence-electron chi connectivity index (χ3n) is 4.39. The van der Waals surface area contributed by atoms with E-state index in [4.69, 9.17) is 11.6 Å². The Morgan fingerprint density at radius 2 is 1.97 bits per heavy atom. The molecule has 10 heteroatoms. The molecule has 0 aliphatic carbocycles. The van der Waals surface area contributed by atoms with Crippen molar-refractivity contribution in [3.63, 3.8) is 0 Å². The Bertz CT molecular complexity index is 1240. The first-order valence-electron chi connectivity index (χ1n) is 9.04. The number of aromatic nitrogens is 5. The maximum atomic E-state index is 13.7. The lowest BCUT2D eigenvalue weighted by atomic mass is 10.1. The number of halogens is 3. The molecule has 0 bridgehead atoms. The molecule has 1 aromatic carbocycles. The molecule has 0 fully saturated rings. The monoisotopic (exact) mass is 430 g/mol. The smallest absolute Gasteiger partial charge is 0.304 e. The fourth-order valence-corrected chi connectivity index (χ4v) is 3.24. The second-order valence-corrected chi connectivity index (χ2v) is 7.40. The quantitative estimate of drug-likeness (QED) is 0.483. The summed E-state index contributed by atoms with van der Waals surface area (Å²) in [4.78, 5) is 16.7. The van der Waals surface area contributed by atoms with Crippen LogP contribution in [0.2, 0.25) is 0 Å². The second-order valence-electron chi connectivity index (χ2n) is 6.92. The number of nitrogens with zero attached hydrogens (tertiary/aromatic N) is 5. The van der Waals surface area contributed by atoms with Gasteiger partial charge in [0.15, 0.2) is 17.2 Å². The molecule has 4 aromatic rings. The van der Waals surface area contributed by atoms with Crippen molar-refractivity contribution in [1.29, 1.82) is 0 Å². The highest BCUT2D eigenvalue weighted by Crippen LogP contribution is 2.32. The van der Waals surface area contributed by atoms with Crippen LogP contribution < -0.4 is 5.32 Å². The highest BCUT2D eigenvalue weighted by molar-refractivity contribution is 6.21. The number of hydrogen-bond acceptors (Lipinski definition) is 4. The van der Waals surface area contributed by atoms with Gasteiger partial charge in [0.25, 0.3) is 5.91 Å². The van der Waals surface area contributed by atoms with E-state index >= 15 is 0 Å². The topological polar surface area (TPSA) is 77.1 Å². The van der Waals surface area contributed by atoms with E-state index in [-0.39, 0.29) is 11.3 Å². The van der Waals surface area contributed by atoms with Gasteiger partial charge in [0.1, 0.15) is 5.69 Å². The van der Waals surface area contributed by atoms with Crippen molar-refractivity contribution in [1.82, 2.24) is 24.4 Å². The fourth-order valence-electron chi connectivity index (χ4n) is 3.11. The average molecular weight is 431 g/mol. The molecule has 0 saturated carbocycles. The molecule has 0 radical (unpaired) electrons. The van der Waals surface area contributed by atoms with E-state index in [0.717, 1.165) is 21.7 Å². The number of anilines is 1. The predicted octanol–water partition coefficient (Wildman–Crippen LogP) is 4.13. The van der Waals surface area contributed by atoms with Gasteiger partial charge in [-0.05, 0) is 37.1 Å². The van der Waals surface area contributed by atoms with Crippen molar-refractivity contribution in [3.8, 4) is 0 Å². The first kappa shape index (κ1) is 20.0. The molecule has 30 heavy (non-hydrogen) atoms. The zero-order chi connectivity index (χ0) is 21.5. The molecule has 0 spiro atoms. The average Bonchev–Trinajstić information content (AvgIpc) is 3.27. The predicted molar refractivity (Wildman–Crippen MR) is 108 cm³/mol. The summed E-state index contributed by atoms with van der Waals surface area (Å²) in [6.45, 7) is 4.11. The van der Waals surface area contributed by atoms with E-state index in [1.54, 1.807) is 23.9 Å². The van der Waals surface area contributed by atoms with Crippen molar-refractivity contribution in [2.75, 3.05) is 5.32 Å². The van der Waals surface area contributed by atoms with Gasteiger partial charge in [-0.3, -0.25) is 9.48 Å². The molecule has 3 heterocycles. The van der Waals surface area contributed by atoms with Crippen LogP contribution in [0.15, 0.2) is 48.7 Å². The molecule has 3 aromatic heterocycles. The molecule has 1 N–H and O–H groups in total. The minimum absolute atomic E-state index is 0.0801. The SMILES string of the molecule is Cc1cccc(Cn2ccc(NC(=O)c3cc4nc(C)cc(C(F)(F)Cl)n4n3)n2)c1. The van der Waals surface area contributed by atoms with Gasteiger partial charge in [-0.15, -0.1) is 0 Å². The lowest BCUT2D eigenvalue weighted by molar-refractivity contribution is 0.0868. The molecule has 4 rings (SSSR count). The van der Waals surface area contributed by atoms with Gasteiger partial charge in [-0.25, -0.2) is 9.50 Å². The largest absolute Gasteiger partial charge is 0.364 e. The van der Waals surface area contributed by atoms with Crippen LogP contribution in [-0.2, 0) is 11.9 Å². The van der Waals surface area contributed by atoms with Crippen LogP contribution in [-0.4, -0.2) is 30.3 Å². The van der Waals surface area contributed by atoms with Gasteiger partial charge in [-0.1, -0.05) is 29.8 Å². The molecule has 1 amide bonds. The Morgan fingerprint density at radius 1 is 1.17 bits per heavy atom. The number of carbonyl (C=O) groups is 1. The molecule has 0 aliphatic heterocycles. The van der Waals surface area contributed by atoms with Crippen LogP contribution in [0.3, 0.4) is 0 Å². The summed E-state index contributed by atoms with van der Waals surface area (Å²) in [7, 11) is 0. The molecule has 0 saturated heterocycles. The summed E-state index contributed by atoms with van der Waals surface area (Å²) in [5.74, 6) is -0.278. The van der Waals surface area contributed by atoms with Gasteiger partial charge in [0.2, 0.25) is 0 Å². The minimum atomic E-state index is -3.65. The zero-order valence-corrected chi connectivity index (χ0v) is 16.9. The maximum Gasteiger partial charge on any atom is 0.364 e. The number of nitrogens with one attached hydrogen (secondary N) is 1. The number of fused-ring (bicyclic) bond motifs is 1. The number of alkyl halides is 3. The number of carbonyl (C=O) groups excluding carboxylic acids is 1. The van der Waals surface area contributed by atoms with Crippen LogP contribution in [0.5, 0.6) is 0 Å². The van der Waals surface area contributed by atoms with Gasteiger partial charge in [0.05, 0.1) is 6.54 Å². The number of rotatable bonds is 5. The summed E-state index contributed by atoms with van der Waals surface area (Å²) >= 11 is 5.17. The van der Waals surface area contributed by atoms with Crippen molar-refractivity contribution in [3.05, 3.63) is 76.9 Å². The Kier molecular flexibility index (Phi) is 4.98. The molecule has 0 unspecified atom stereocenters. The third-order valence-corrected chi connectivity index (χ3v) is 4.58. The Labute approximate surface area is 175 Å². The Morgan fingerprint density at radius 3 is 2.70 bits per heavy atom. The van der Waals surface area contributed by atoms with Crippen molar-refractivity contribution < 1.29 is 13.6 Å². The highest BCUT2D eigenvalue weighted by Gasteiger charge is 2.32. The summed E-state index contributed by atoms with van der Waals surface area (Å²) in [5.41, 5.74) is 2.01. The second kappa shape index (κ2) is 7.49. The summed E-state index contributed by atoms with van der Waals surface area (Å²) in [6.07, 6.45) is 1.73. The van der Waals surface area contributed by atoms with Gasteiger partial charge >= 0.3 is 5.38 Å². The number of amides is 1. The zero-order valence-electron chi connectivity index (χ0n) is 16.1. The molecule has 154 valence electrons. The van der Waals surface area contributed by atoms with Gasteiger partial charge in [0, 0.05) is 24.0 Å². The molecular weight excluding hydrogens is 414 g/mol. The highest BCUT2D eigenvalue weighted by atomic mass is 35.5. The first-order valence-corrected chi connectivity index (χ1v) is 9.42. The van der Waals surface area contributed by atoms with Crippen LogP contribution >= 0.6 is 11.6 Å². The van der Waals surface area contributed by atoms with E-state index in [2.05, 4.69) is 26.6 Å². The van der Waals surface area contributed by atoms with E-state index in [1.165, 1.54) is 6.07 Å². The van der Waals surface area contributed by atoms with Crippen LogP contribution in [0.25, 0.3) is 5.65 Å². The standard InChI is InChI=1S/C20H17ClF2N6O/c1-12-4-3-5-14(8-12)11-28-7-6-17(27-28)25-19(30)15-10-18-24-13(2)9-16(20(21,22)23)29(18)26-15/h3-10H,11H2,1-2H3,(H,25,27,30). The third kappa shape index (κ3) is 4.16. The van der Waals surface area contributed by atoms with Crippen molar-refractivity contribution in [2.45, 2.75) is 25.8 Å².